The highest BCUT2D eigenvalue weighted by molar-refractivity contribution is 7.80. The topological polar surface area (TPSA) is 49.8 Å². The predicted octanol–water partition coefficient (Wildman–Crippen LogP) is -0.445. The number of nitrogens with one attached hydrogen (secondary N) is 1. The summed E-state index contributed by atoms with van der Waals surface area (Å²) in [7, 11) is 0. The Morgan fingerprint density at radius 3 is 2.20 bits per heavy atom. The van der Waals surface area contributed by atoms with Crippen LogP contribution in [0.4, 0.5) is 0 Å². The molecule has 3 N–H and O–H groups in total. The number of rotatable bonds is 1. The smallest absolute Gasteiger partial charge is 0.0881 e. The lowest BCUT2D eigenvalue weighted by molar-refractivity contribution is 1.25. The van der Waals surface area contributed by atoms with Gasteiger partial charge in [-0.1, -0.05) is 12.2 Å². The van der Waals surface area contributed by atoms with Crippen LogP contribution in [0.1, 0.15) is 0 Å². The fourth-order valence-electron chi connectivity index (χ4n) is 0. The Bertz CT molecular complexity index is 42.9. The summed E-state index contributed by atoms with van der Waals surface area (Å²) in [5.41, 5.74) is 11.2. The predicted molar refractivity (Wildman–Crippen MR) is 24.7 cm³/mol. The van der Waals surface area contributed by atoms with Crippen LogP contribution in [0.25, 0.3) is 0 Å². The molecule has 0 aliphatic rings. The minimum absolute atomic E-state index is 0.0648. The molecule has 29 valence electrons. The van der Waals surface area contributed by atoms with Crippen LogP contribution < -0.4 is 11.5 Å². The lowest BCUT2D eigenvalue weighted by Gasteiger charge is -1.77. The van der Waals surface area contributed by atoms with Gasteiger partial charge in [0.2, 0.25) is 0 Å². The van der Waals surface area contributed by atoms with Gasteiger partial charge in [-0.15, -0.1) is 0 Å². The summed E-state index contributed by atoms with van der Waals surface area (Å²) in [6.45, 7) is 0.0648. The third kappa shape index (κ3) is 3.85. The quantitative estimate of drug-likeness (QED) is 0.442. The minimum Gasteiger partial charge on any atom is -0.392 e. The van der Waals surface area contributed by atoms with Crippen LogP contribution in [0.3, 0.4) is 0 Å². The molecule has 0 atom stereocenters. The maximum absolute atomic E-state index is 6.39. The molecular formula is C2H5N2S. The first-order valence-corrected chi connectivity index (χ1v) is 1.61. The van der Waals surface area contributed by atoms with Crippen molar-refractivity contribution in [3.63, 3.8) is 0 Å². The Hall–Kier alpha value is -0.150. The van der Waals surface area contributed by atoms with Gasteiger partial charge in [-0.3, -0.25) is 5.73 Å². The van der Waals surface area contributed by atoms with Crippen LogP contribution in [0, 0.1) is 0 Å². The summed E-state index contributed by atoms with van der Waals surface area (Å²) < 4.78 is 0. The maximum atomic E-state index is 6.39. The van der Waals surface area contributed by atoms with E-state index in [0.29, 0.717) is 0 Å². The van der Waals surface area contributed by atoms with E-state index in [1.54, 1.807) is 0 Å². The van der Waals surface area contributed by atoms with Crippen molar-refractivity contribution in [3.8, 4) is 0 Å². The zero-order valence-corrected chi connectivity index (χ0v) is 3.51. The summed E-state index contributed by atoms with van der Waals surface area (Å²) in [6.07, 6.45) is 0. The van der Waals surface area contributed by atoms with Gasteiger partial charge in [-0.2, -0.15) is 0 Å². The molecule has 0 aromatic heterocycles. The lowest BCUT2D eigenvalue weighted by Crippen LogP contribution is -2.12. The molecular weight excluding hydrogens is 84.1 g/mol. The van der Waals surface area contributed by atoms with E-state index in [4.69, 9.17) is 11.5 Å². The van der Waals surface area contributed by atoms with Crippen LogP contribution in [0.15, 0.2) is 0 Å². The third-order valence-corrected chi connectivity index (χ3v) is 0.319. The Labute approximate surface area is 36.1 Å². The van der Waals surface area contributed by atoms with E-state index in [1.807, 2.05) is 0 Å². The molecule has 0 heterocycles. The second-order valence-electron chi connectivity index (χ2n) is 0.643. The Balaban J connectivity index is 2.85. The zero-order chi connectivity index (χ0) is 4.28. The van der Waals surface area contributed by atoms with Gasteiger partial charge in [-0.25, -0.2) is 0 Å². The first-order valence-electron chi connectivity index (χ1n) is 1.20. The molecule has 0 amide bonds. The average molecular weight is 89.1 g/mol. The molecule has 0 aliphatic heterocycles. The second kappa shape index (κ2) is 2.11. The van der Waals surface area contributed by atoms with E-state index in [1.165, 1.54) is 0 Å². The van der Waals surface area contributed by atoms with Gasteiger partial charge < -0.3 is 5.73 Å². The van der Waals surface area contributed by atoms with Crippen molar-refractivity contribution in [1.29, 1.82) is 0 Å². The molecule has 0 spiro atoms. The molecule has 1 radical (unpaired) electrons. The molecule has 0 aromatic carbocycles. The molecule has 0 aromatic rings. The first kappa shape index (κ1) is 4.85. The first-order chi connectivity index (χ1) is 2.27. The van der Waals surface area contributed by atoms with E-state index in [2.05, 4.69) is 12.2 Å². The summed E-state index contributed by atoms with van der Waals surface area (Å²) >= 11 is 4.29. The molecule has 0 saturated heterocycles. The average Bonchev–Trinajstić information content (AvgIpc) is 1.38. The van der Waals surface area contributed by atoms with Gasteiger partial charge in [0.25, 0.3) is 0 Å². The van der Waals surface area contributed by atoms with E-state index in [-0.39, 0.29) is 11.5 Å². The van der Waals surface area contributed by atoms with Crippen LogP contribution >= 0.6 is 12.2 Å². The largest absolute Gasteiger partial charge is 0.392 e. The van der Waals surface area contributed by atoms with E-state index in [9.17, 15) is 0 Å². The van der Waals surface area contributed by atoms with Gasteiger partial charge >= 0.3 is 0 Å². The summed E-state index contributed by atoms with van der Waals surface area (Å²) in [6, 6.07) is 0. The molecule has 5 heavy (non-hydrogen) atoms. The molecule has 0 unspecified atom stereocenters. The fourth-order valence-corrected chi connectivity index (χ4v) is 0. The summed E-state index contributed by atoms with van der Waals surface area (Å²) in [4.78, 5) is 0.255. The molecule has 0 rings (SSSR count). The van der Waals surface area contributed by atoms with Crippen LogP contribution in [-0.2, 0) is 0 Å². The standard InChI is InChI=1S/C2H5N2S/c3-1-2(4)5/h3H,1H2,(H2,4,5). The number of hydrogen-bond acceptors (Lipinski definition) is 1. The molecule has 3 heteroatoms. The van der Waals surface area contributed by atoms with Crippen molar-refractivity contribution in [3.05, 3.63) is 0 Å². The van der Waals surface area contributed by atoms with Gasteiger partial charge in [0.1, 0.15) is 0 Å². The monoisotopic (exact) mass is 89.0 g/mol. The summed E-state index contributed by atoms with van der Waals surface area (Å²) in [5.74, 6) is 0. The van der Waals surface area contributed by atoms with Crippen molar-refractivity contribution < 1.29 is 0 Å². The van der Waals surface area contributed by atoms with Crippen molar-refractivity contribution in [2.75, 3.05) is 6.54 Å². The Kier molecular flexibility index (Phi) is 2.05. The molecule has 0 aliphatic carbocycles. The number of nitrogens with two attached hydrogens (primary N) is 1. The van der Waals surface area contributed by atoms with Gasteiger partial charge in [0, 0.05) is 0 Å². The number of hydrogen-bond donors (Lipinski definition) is 1. The zero-order valence-electron chi connectivity index (χ0n) is 2.69. The fraction of sp³-hybridized carbons (Fsp3) is 0.500. The summed E-state index contributed by atoms with van der Waals surface area (Å²) in [5, 5.41) is 0. The maximum Gasteiger partial charge on any atom is 0.0881 e. The molecule has 0 bridgehead atoms. The van der Waals surface area contributed by atoms with E-state index >= 15 is 0 Å². The van der Waals surface area contributed by atoms with Crippen molar-refractivity contribution in [2.45, 2.75) is 0 Å². The van der Waals surface area contributed by atoms with Gasteiger partial charge in [-0.05, 0) is 0 Å². The Morgan fingerprint density at radius 2 is 2.20 bits per heavy atom. The lowest BCUT2D eigenvalue weighted by atomic mass is 10.7. The normalized spacial score (nSPS) is 7.40. The highest BCUT2D eigenvalue weighted by atomic mass is 32.1. The minimum atomic E-state index is 0.0648. The van der Waals surface area contributed by atoms with Crippen molar-refractivity contribution in [2.24, 2.45) is 5.73 Å². The second-order valence-corrected chi connectivity index (χ2v) is 1.17. The van der Waals surface area contributed by atoms with Crippen LogP contribution in [0.5, 0.6) is 0 Å². The molecule has 0 saturated carbocycles. The highest BCUT2D eigenvalue weighted by Crippen LogP contribution is 1.52. The molecule has 2 nitrogen and oxygen atoms in total. The van der Waals surface area contributed by atoms with Crippen molar-refractivity contribution in [1.82, 2.24) is 5.73 Å². The van der Waals surface area contributed by atoms with Gasteiger partial charge in [0.15, 0.2) is 0 Å². The third-order valence-electron chi connectivity index (χ3n) is 0.174. The highest BCUT2D eigenvalue weighted by Gasteiger charge is 1.72. The molecule has 0 fully saturated rings. The van der Waals surface area contributed by atoms with Crippen molar-refractivity contribution >= 4 is 17.2 Å². The Morgan fingerprint density at radius 1 is 2.00 bits per heavy atom. The SMILES string of the molecule is [NH]CC(N)=S. The van der Waals surface area contributed by atoms with Gasteiger partial charge in [0.05, 0.1) is 11.5 Å². The number of thiocarbonyl (C=S) groups is 1. The van der Waals surface area contributed by atoms with Crippen LogP contribution in [-0.4, -0.2) is 11.5 Å². The van der Waals surface area contributed by atoms with E-state index < -0.39 is 0 Å². The van der Waals surface area contributed by atoms with Crippen LogP contribution in [0.2, 0.25) is 0 Å². The van der Waals surface area contributed by atoms with E-state index in [0.717, 1.165) is 0 Å².